The van der Waals surface area contributed by atoms with Crippen LogP contribution in [0.5, 0.6) is 0 Å². The molecule has 1 aromatic carbocycles. The molecule has 1 saturated carbocycles. The fourth-order valence-corrected chi connectivity index (χ4v) is 4.80. The van der Waals surface area contributed by atoms with Crippen LogP contribution in [0.4, 0.5) is 0 Å². The molecule has 2 fully saturated rings. The zero-order valence-electron chi connectivity index (χ0n) is 13.7. The summed E-state index contributed by atoms with van der Waals surface area (Å²) in [5.74, 6) is 0.355. The van der Waals surface area contributed by atoms with Crippen molar-refractivity contribution in [2.75, 3.05) is 12.4 Å². The molecule has 1 amide bonds. The van der Waals surface area contributed by atoms with E-state index in [0.29, 0.717) is 17.4 Å². The average Bonchev–Trinajstić information content (AvgIpc) is 2.96. The summed E-state index contributed by atoms with van der Waals surface area (Å²) in [7, 11) is 0. The molecular weight excluding hydrogens is 346 g/mol. The Kier molecular flexibility index (Phi) is 5.72. The number of carbonyl (C=O) groups is 2. The van der Waals surface area contributed by atoms with Crippen molar-refractivity contribution in [3.8, 4) is 0 Å². The fourth-order valence-electron chi connectivity index (χ4n) is 3.04. The second-order valence-electron chi connectivity index (χ2n) is 6.26. The zero-order valence-corrected chi connectivity index (χ0v) is 15.3. The first-order chi connectivity index (χ1) is 11.6. The SMILES string of the molecule is CCCOC(=O)[C@@H]1CS[C@H](c2ccccc2Cl)N1C(=O)C1CCC1. The van der Waals surface area contributed by atoms with Crippen molar-refractivity contribution >= 4 is 35.2 Å². The summed E-state index contributed by atoms with van der Waals surface area (Å²) >= 11 is 7.93. The molecule has 0 unspecified atom stereocenters. The van der Waals surface area contributed by atoms with Crippen molar-refractivity contribution in [1.82, 2.24) is 4.90 Å². The zero-order chi connectivity index (χ0) is 17.1. The van der Waals surface area contributed by atoms with Gasteiger partial charge in [0.05, 0.1) is 6.61 Å². The van der Waals surface area contributed by atoms with Crippen LogP contribution in [0.1, 0.15) is 43.5 Å². The van der Waals surface area contributed by atoms with Gasteiger partial charge in [-0.3, -0.25) is 4.79 Å². The number of rotatable bonds is 5. The van der Waals surface area contributed by atoms with E-state index in [1.54, 1.807) is 16.7 Å². The quantitative estimate of drug-likeness (QED) is 0.737. The molecule has 0 aromatic heterocycles. The van der Waals surface area contributed by atoms with Crippen LogP contribution >= 0.6 is 23.4 Å². The molecule has 6 heteroatoms. The van der Waals surface area contributed by atoms with Crippen LogP contribution in [-0.4, -0.2) is 35.2 Å². The molecule has 3 rings (SSSR count). The summed E-state index contributed by atoms with van der Waals surface area (Å²) in [4.78, 5) is 27.2. The molecule has 1 aromatic rings. The van der Waals surface area contributed by atoms with Crippen LogP contribution in [0.3, 0.4) is 0 Å². The molecule has 0 radical (unpaired) electrons. The van der Waals surface area contributed by atoms with Gasteiger partial charge in [0, 0.05) is 22.3 Å². The first kappa shape index (κ1) is 17.6. The predicted molar refractivity (Wildman–Crippen MR) is 95.9 cm³/mol. The highest BCUT2D eigenvalue weighted by atomic mass is 35.5. The lowest BCUT2D eigenvalue weighted by Gasteiger charge is -2.35. The summed E-state index contributed by atoms with van der Waals surface area (Å²) in [6, 6.07) is 7.02. The van der Waals surface area contributed by atoms with Crippen LogP contribution in [0.25, 0.3) is 0 Å². The van der Waals surface area contributed by atoms with Gasteiger partial charge in [0.1, 0.15) is 11.4 Å². The molecule has 0 spiro atoms. The summed E-state index contributed by atoms with van der Waals surface area (Å²) in [6.07, 6.45) is 3.67. The Labute approximate surface area is 151 Å². The van der Waals surface area contributed by atoms with Crippen LogP contribution in [0.2, 0.25) is 5.02 Å². The number of esters is 1. The van der Waals surface area contributed by atoms with Crippen molar-refractivity contribution in [2.45, 2.75) is 44.0 Å². The van der Waals surface area contributed by atoms with Gasteiger partial charge in [-0.25, -0.2) is 4.79 Å². The topological polar surface area (TPSA) is 46.6 Å². The third-order valence-corrected chi connectivity index (χ3v) is 6.25. The Hall–Kier alpha value is -1.20. The molecule has 130 valence electrons. The van der Waals surface area contributed by atoms with Gasteiger partial charge in [-0.15, -0.1) is 11.8 Å². The molecule has 0 bridgehead atoms. The summed E-state index contributed by atoms with van der Waals surface area (Å²) in [6.45, 7) is 2.35. The van der Waals surface area contributed by atoms with Crippen LogP contribution < -0.4 is 0 Å². The molecule has 1 saturated heterocycles. The minimum absolute atomic E-state index is 0.0372. The van der Waals surface area contributed by atoms with Crippen molar-refractivity contribution < 1.29 is 14.3 Å². The molecule has 2 aliphatic rings. The Balaban J connectivity index is 1.86. The Morgan fingerprint density at radius 1 is 1.33 bits per heavy atom. The molecule has 0 N–H and O–H groups in total. The lowest BCUT2D eigenvalue weighted by Crippen LogP contribution is -2.47. The number of thioether (sulfide) groups is 1. The Bertz CT molecular complexity index is 620. The van der Waals surface area contributed by atoms with E-state index in [0.717, 1.165) is 31.2 Å². The minimum atomic E-state index is -0.518. The third kappa shape index (κ3) is 3.42. The van der Waals surface area contributed by atoms with E-state index in [2.05, 4.69) is 0 Å². The van der Waals surface area contributed by atoms with Gasteiger partial charge in [-0.05, 0) is 25.3 Å². The van der Waals surface area contributed by atoms with E-state index >= 15 is 0 Å². The maximum absolute atomic E-state index is 13.0. The van der Waals surface area contributed by atoms with Crippen LogP contribution in [0, 0.1) is 5.92 Å². The van der Waals surface area contributed by atoms with Crippen molar-refractivity contribution in [1.29, 1.82) is 0 Å². The lowest BCUT2D eigenvalue weighted by molar-refractivity contribution is -0.156. The maximum Gasteiger partial charge on any atom is 0.329 e. The maximum atomic E-state index is 13.0. The standard InChI is InChI=1S/C18H22ClNO3S/c1-2-10-23-18(22)15-11-24-17(13-8-3-4-9-14(13)19)20(15)16(21)12-6-5-7-12/h3-4,8-9,12,15,17H,2,5-7,10-11H2,1H3/t15-,17+/m0/s1. The molecule has 4 nitrogen and oxygen atoms in total. The second kappa shape index (κ2) is 7.79. The lowest BCUT2D eigenvalue weighted by atomic mass is 9.84. The predicted octanol–water partition coefficient (Wildman–Crippen LogP) is 4.04. The number of benzene rings is 1. The minimum Gasteiger partial charge on any atom is -0.464 e. The fraction of sp³-hybridized carbons (Fsp3) is 0.556. The summed E-state index contributed by atoms with van der Waals surface area (Å²) in [5.41, 5.74) is 0.891. The van der Waals surface area contributed by atoms with E-state index in [-0.39, 0.29) is 23.2 Å². The van der Waals surface area contributed by atoms with Gasteiger partial charge in [0.2, 0.25) is 5.91 Å². The summed E-state index contributed by atoms with van der Waals surface area (Å²) < 4.78 is 5.32. The number of hydrogen-bond donors (Lipinski definition) is 0. The highest BCUT2D eigenvalue weighted by molar-refractivity contribution is 7.99. The van der Waals surface area contributed by atoms with Crippen molar-refractivity contribution in [2.24, 2.45) is 5.92 Å². The third-order valence-electron chi connectivity index (χ3n) is 4.60. The number of amides is 1. The molecule has 1 aliphatic carbocycles. The normalized spacial score (nSPS) is 23.8. The van der Waals surface area contributed by atoms with Gasteiger partial charge in [0.15, 0.2) is 0 Å². The number of hydrogen-bond acceptors (Lipinski definition) is 4. The van der Waals surface area contributed by atoms with Gasteiger partial charge in [-0.2, -0.15) is 0 Å². The summed E-state index contributed by atoms with van der Waals surface area (Å²) in [5, 5.41) is 0.412. The molecule has 24 heavy (non-hydrogen) atoms. The Morgan fingerprint density at radius 3 is 2.71 bits per heavy atom. The first-order valence-electron chi connectivity index (χ1n) is 8.48. The first-order valence-corrected chi connectivity index (χ1v) is 9.91. The monoisotopic (exact) mass is 367 g/mol. The number of carbonyl (C=O) groups excluding carboxylic acids is 2. The Morgan fingerprint density at radius 2 is 2.08 bits per heavy atom. The van der Waals surface area contributed by atoms with Crippen LogP contribution in [0.15, 0.2) is 24.3 Å². The van der Waals surface area contributed by atoms with Crippen LogP contribution in [-0.2, 0) is 14.3 Å². The molecule has 1 heterocycles. The second-order valence-corrected chi connectivity index (χ2v) is 7.78. The van der Waals surface area contributed by atoms with E-state index in [1.165, 1.54) is 0 Å². The van der Waals surface area contributed by atoms with Gasteiger partial charge in [0.25, 0.3) is 0 Å². The number of nitrogens with zero attached hydrogens (tertiary/aromatic N) is 1. The highest BCUT2D eigenvalue weighted by Gasteiger charge is 2.46. The van der Waals surface area contributed by atoms with Crippen molar-refractivity contribution in [3.05, 3.63) is 34.9 Å². The molecule has 1 aliphatic heterocycles. The van der Waals surface area contributed by atoms with Crippen molar-refractivity contribution in [3.63, 3.8) is 0 Å². The van der Waals surface area contributed by atoms with Gasteiger partial charge < -0.3 is 9.64 Å². The van der Waals surface area contributed by atoms with E-state index in [9.17, 15) is 9.59 Å². The van der Waals surface area contributed by atoms with E-state index in [4.69, 9.17) is 16.3 Å². The highest BCUT2D eigenvalue weighted by Crippen LogP contribution is 2.46. The van der Waals surface area contributed by atoms with E-state index < -0.39 is 6.04 Å². The van der Waals surface area contributed by atoms with Gasteiger partial charge >= 0.3 is 5.97 Å². The number of halogens is 1. The van der Waals surface area contributed by atoms with Gasteiger partial charge in [-0.1, -0.05) is 43.1 Å². The molecular formula is C18H22ClNO3S. The smallest absolute Gasteiger partial charge is 0.329 e. The van der Waals surface area contributed by atoms with E-state index in [1.807, 2.05) is 31.2 Å². The largest absolute Gasteiger partial charge is 0.464 e. The average molecular weight is 368 g/mol. The number of ether oxygens (including phenoxy) is 1. The molecule has 2 atom stereocenters.